The molecule has 3 nitrogen and oxygen atoms in total. The molecule has 0 radical (unpaired) electrons. The SMILES string of the molecule is CN1N=C2/C(=C/c3ccccc3)CNCC2C1c1ccccc1. The van der Waals surface area contributed by atoms with Gasteiger partial charge in [-0.15, -0.1) is 0 Å². The summed E-state index contributed by atoms with van der Waals surface area (Å²) in [6, 6.07) is 21.5. The van der Waals surface area contributed by atoms with E-state index in [0.717, 1.165) is 13.1 Å². The van der Waals surface area contributed by atoms with Crippen LogP contribution in [0.2, 0.25) is 0 Å². The van der Waals surface area contributed by atoms with Gasteiger partial charge in [0.1, 0.15) is 0 Å². The summed E-state index contributed by atoms with van der Waals surface area (Å²) in [6.07, 6.45) is 2.26. The van der Waals surface area contributed by atoms with Crippen molar-refractivity contribution < 1.29 is 0 Å². The lowest BCUT2D eigenvalue weighted by atomic mass is 9.84. The van der Waals surface area contributed by atoms with Crippen LogP contribution >= 0.6 is 0 Å². The van der Waals surface area contributed by atoms with Gasteiger partial charge in [-0.1, -0.05) is 60.7 Å². The molecule has 116 valence electrons. The topological polar surface area (TPSA) is 27.6 Å². The maximum absolute atomic E-state index is 4.89. The lowest BCUT2D eigenvalue weighted by Gasteiger charge is -2.29. The Labute approximate surface area is 137 Å². The molecular formula is C20H21N3. The molecule has 0 amide bonds. The molecule has 4 rings (SSSR count). The highest BCUT2D eigenvalue weighted by Crippen LogP contribution is 2.37. The Balaban J connectivity index is 1.68. The quantitative estimate of drug-likeness (QED) is 0.921. The van der Waals surface area contributed by atoms with Crippen molar-refractivity contribution in [3.8, 4) is 0 Å². The van der Waals surface area contributed by atoms with Crippen molar-refractivity contribution in [3.05, 3.63) is 77.4 Å². The van der Waals surface area contributed by atoms with Crippen LogP contribution in [0.25, 0.3) is 6.08 Å². The van der Waals surface area contributed by atoms with Crippen molar-refractivity contribution in [3.63, 3.8) is 0 Å². The van der Waals surface area contributed by atoms with E-state index in [1.165, 1.54) is 22.4 Å². The fraction of sp³-hybridized carbons (Fsp3) is 0.250. The van der Waals surface area contributed by atoms with E-state index < -0.39 is 0 Å². The van der Waals surface area contributed by atoms with Gasteiger partial charge in [-0.05, 0) is 22.8 Å². The summed E-state index contributed by atoms with van der Waals surface area (Å²) in [5.74, 6) is 0.408. The summed E-state index contributed by atoms with van der Waals surface area (Å²) >= 11 is 0. The average Bonchev–Trinajstić information content (AvgIpc) is 2.94. The Hall–Kier alpha value is -2.39. The molecule has 2 atom stereocenters. The summed E-state index contributed by atoms with van der Waals surface area (Å²) < 4.78 is 0. The minimum Gasteiger partial charge on any atom is -0.312 e. The fourth-order valence-corrected chi connectivity index (χ4v) is 3.65. The Morgan fingerprint density at radius 1 is 1.04 bits per heavy atom. The second kappa shape index (κ2) is 6.01. The first-order valence-corrected chi connectivity index (χ1v) is 8.16. The monoisotopic (exact) mass is 303 g/mol. The Morgan fingerprint density at radius 3 is 2.48 bits per heavy atom. The standard InChI is InChI=1S/C20H21N3/c1-23-20(16-10-6-3-7-11-16)18-14-21-13-17(19(18)22-23)12-15-8-4-2-5-9-15/h2-12,18,20-21H,13-14H2,1H3/b17-12+. The summed E-state index contributed by atoms with van der Waals surface area (Å²) in [6.45, 7) is 1.87. The van der Waals surface area contributed by atoms with Crippen LogP contribution in [0.3, 0.4) is 0 Å². The smallest absolute Gasteiger partial charge is 0.0813 e. The van der Waals surface area contributed by atoms with E-state index in [1.807, 2.05) is 0 Å². The molecule has 2 heterocycles. The van der Waals surface area contributed by atoms with Crippen LogP contribution in [0.5, 0.6) is 0 Å². The zero-order chi connectivity index (χ0) is 15.6. The van der Waals surface area contributed by atoms with Crippen LogP contribution in [0, 0.1) is 5.92 Å². The average molecular weight is 303 g/mol. The van der Waals surface area contributed by atoms with Gasteiger partial charge in [-0.3, -0.25) is 5.01 Å². The van der Waals surface area contributed by atoms with Gasteiger partial charge in [0.2, 0.25) is 0 Å². The molecule has 2 aliphatic heterocycles. The lowest BCUT2D eigenvalue weighted by Crippen LogP contribution is -2.40. The molecule has 1 saturated heterocycles. The number of nitrogens with zero attached hydrogens (tertiary/aromatic N) is 2. The van der Waals surface area contributed by atoms with Gasteiger partial charge in [-0.25, -0.2) is 0 Å². The molecular weight excluding hydrogens is 282 g/mol. The van der Waals surface area contributed by atoms with E-state index in [-0.39, 0.29) is 0 Å². The van der Waals surface area contributed by atoms with Crippen molar-refractivity contribution in [1.29, 1.82) is 0 Å². The molecule has 0 spiro atoms. The minimum atomic E-state index is 0.318. The van der Waals surface area contributed by atoms with Crippen molar-refractivity contribution in [2.24, 2.45) is 11.0 Å². The first kappa shape index (κ1) is 14.2. The molecule has 2 aromatic carbocycles. The molecule has 3 heteroatoms. The minimum absolute atomic E-state index is 0.318. The summed E-state index contributed by atoms with van der Waals surface area (Å²) in [5.41, 5.74) is 5.11. The van der Waals surface area contributed by atoms with Gasteiger partial charge >= 0.3 is 0 Å². The predicted molar refractivity (Wildman–Crippen MR) is 95.2 cm³/mol. The van der Waals surface area contributed by atoms with Crippen LogP contribution in [-0.2, 0) is 0 Å². The number of rotatable bonds is 2. The van der Waals surface area contributed by atoms with Crippen molar-refractivity contribution in [1.82, 2.24) is 10.3 Å². The van der Waals surface area contributed by atoms with Crippen molar-refractivity contribution in [2.75, 3.05) is 20.1 Å². The highest BCUT2D eigenvalue weighted by molar-refractivity contribution is 6.07. The van der Waals surface area contributed by atoms with Gasteiger partial charge in [-0.2, -0.15) is 5.10 Å². The number of nitrogens with one attached hydrogen (secondary N) is 1. The molecule has 23 heavy (non-hydrogen) atoms. The van der Waals surface area contributed by atoms with E-state index >= 15 is 0 Å². The summed E-state index contributed by atoms with van der Waals surface area (Å²) in [5, 5.41) is 10.6. The third kappa shape index (κ3) is 2.68. The van der Waals surface area contributed by atoms with E-state index in [2.05, 4.69) is 84.1 Å². The summed E-state index contributed by atoms with van der Waals surface area (Å²) in [7, 11) is 2.09. The maximum Gasteiger partial charge on any atom is 0.0813 e. The molecule has 1 fully saturated rings. The molecule has 0 aromatic heterocycles. The Kier molecular flexibility index (Phi) is 3.72. The predicted octanol–water partition coefficient (Wildman–Crippen LogP) is 3.33. The second-order valence-electron chi connectivity index (χ2n) is 6.23. The zero-order valence-electron chi connectivity index (χ0n) is 13.3. The summed E-state index contributed by atoms with van der Waals surface area (Å²) in [4.78, 5) is 0. The number of hydrogen-bond acceptors (Lipinski definition) is 3. The molecule has 2 aromatic rings. The van der Waals surface area contributed by atoms with Gasteiger partial charge in [0, 0.05) is 26.1 Å². The van der Waals surface area contributed by atoms with Crippen LogP contribution < -0.4 is 5.32 Å². The molecule has 2 aliphatic rings. The van der Waals surface area contributed by atoms with Crippen molar-refractivity contribution >= 4 is 11.8 Å². The number of hydrogen-bond donors (Lipinski definition) is 1. The maximum atomic E-state index is 4.89. The number of hydrazone groups is 1. The van der Waals surface area contributed by atoms with E-state index in [1.54, 1.807) is 0 Å². The second-order valence-corrected chi connectivity index (χ2v) is 6.23. The highest BCUT2D eigenvalue weighted by Gasteiger charge is 2.39. The van der Waals surface area contributed by atoms with Crippen LogP contribution in [0.4, 0.5) is 0 Å². The third-order valence-electron chi connectivity index (χ3n) is 4.69. The zero-order valence-corrected chi connectivity index (χ0v) is 13.3. The molecule has 1 N–H and O–H groups in total. The normalized spacial score (nSPS) is 25.3. The number of benzene rings is 2. The molecule has 0 aliphatic carbocycles. The molecule has 0 bridgehead atoms. The fourth-order valence-electron chi connectivity index (χ4n) is 3.65. The van der Waals surface area contributed by atoms with Gasteiger partial charge in [0.25, 0.3) is 0 Å². The van der Waals surface area contributed by atoms with Crippen LogP contribution in [0.15, 0.2) is 71.3 Å². The Bertz CT molecular complexity index is 734. The van der Waals surface area contributed by atoms with Crippen LogP contribution in [-0.4, -0.2) is 30.9 Å². The molecule has 0 saturated carbocycles. The first-order valence-electron chi connectivity index (χ1n) is 8.16. The first-order chi connectivity index (χ1) is 11.3. The molecule has 2 unspecified atom stereocenters. The number of fused-ring (bicyclic) bond motifs is 1. The van der Waals surface area contributed by atoms with E-state index in [0.29, 0.717) is 12.0 Å². The van der Waals surface area contributed by atoms with Crippen molar-refractivity contribution in [2.45, 2.75) is 6.04 Å². The van der Waals surface area contributed by atoms with Gasteiger partial charge < -0.3 is 5.32 Å². The number of piperidine rings is 1. The van der Waals surface area contributed by atoms with E-state index in [4.69, 9.17) is 5.10 Å². The van der Waals surface area contributed by atoms with E-state index in [9.17, 15) is 0 Å². The Morgan fingerprint density at radius 2 is 1.74 bits per heavy atom. The van der Waals surface area contributed by atoms with Gasteiger partial charge in [0.05, 0.1) is 11.8 Å². The van der Waals surface area contributed by atoms with Crippen LogP contribution in [0.1, 0.15) is 17.2 Å². The highest BCUT2D eigenvalue weighted by atomic mass is 15.5. The largest absolute Gasteiger partial charge is 0.312 e. The van der Waals surface area contributed by atoms with Gasteiger partial charge in [0.15, 0.2) is 0 Å². The lowest BCUT2D eigenvalue weighted by molar-refractivity contribution is 0.246. The third-order valence-corrected chi connectivity index (χ3v) is 4.69.